The van der Waals surface area contributed by atoms with Gasteiger partial charge in [-0.1, -0.05) is 10.2 Å². The molecule has 1 saturated carbocycles. The Balaban J connectivity index is 2.06. The Kier molecular flexibility index (Phi) is 6.86. The molecule has 12 nitrogen and oxygen atoms in total. The first-order valence-corrected chi connectivity index (χ1v) is 8.60. The van der Waals surface area contributed by atoms with Gasteiger partial charge >= 0.3 is 17.9 Å². The summed E-state index contributed by atoms with van der Waals surface area (Å²) < 4.78 is 15.5. The summed E-state index contributed by atoms with van der Waals surface area (Å²) in [4.78, 5) is 41.9. The van der Waals surface area contributed by atoms with E-state index in [4.69, 9.17) is 25.3 Å². The van der Waals surface area contributed by atoms with Crippen LogP contribution in [0.4, 0.5) is 0 Å². The lowest BCUT2D eigenvalue weighted by molar-refractivity contribution is -0.248. The molecule has 2 fully saturated rings. The molecule has 1 aliphatic heterocycles. The third-order valence-electron chi connectivity index (χ3n) is 4.69. The molecule has 0 atom stereocenters. The number of ether oxygens (including phenoxy) is 3. The molecule has 12 heteroatoms. The predicted octanol–water partition coefficient (Wildman–Crippen LogP) is 2.39. The summed E-state index contributed by atoms with van der Waals surface area (Å²) >= 11 is 0. The highest BCUT2D eigenvalue weighted by atomic mass is 16.7. The minimum absolute atomic E-state index is 0.245. The molecule has 0 aromatic carbocycles. The van der Waals surface area contributed by atoms with Gasteiger partial charge in [0.25, 0.3) is 5.79 Å². The molecule has 0 aromatic heterocycles. The van der Waals surface area contributed by atoms with Crippen molar-refractivity contribution >= 4 is 17.9 Å². The van der Waals surface area contributed by atoms with Crippen LogP contribution in [0.5, 0.6) is 0 Å². The summed E-state index contributed by atoms with van der Waals surface area (Å²) in [7, 11) is 0. The maximum Gasteiger partial charge on any atom is 0.323 e. The normalized spacial score (nSPS) is 30.2. The monoisotopic (exact) mass is 380 g/mol. The first-order valence-electron chi connectivity index (χ1n) is 8.60. The number of carbonyl (C=O) groups is 3. The second-order valence-corrected chi connectivity index (χ2v) is 6.37. The molecule has 2 aliphatic rings. The highest BCUT2D eigenvalue weighted by molar-refractivity contribution is 5.97. The van der Waals surface area contributed by atoms with Crippen LogP contribution in [0, 0.1) is 17.8 Å². The third kappa shape index (κ3) is 4.81. The summed E-state index contributed by atoms with van der Waals surface area (Å²) in [5.41, 5.74) is 16.9. The van der Waals surface area contributed by atoms with Crippen molar-refractivity contribution in [3.05, 3.63) is 20.9 Å². The summed E-state index contributed by atoms with van der Waals surface area (Å²) in [6, 6.07) is 0. The van der Waals surface area contributed by atoms with E-state index in [1.165, 1.54) is 0 Å². The molecule has 0 bridgehead atoms. The Morgan fingerprint density at radius 3 is 2.07 bits per heavy atom. The summed E-state index contributed by atoms with van der Waals surface area (Å²) in [6.45, 7) is 1.04. The van der Waals surface area contributed by atoms with Gasteiger partial charge in [-0.2, -0.15) is 0 Å². The molecular formula is C15H20N6O6. The molecule has 1 heterocycles. The van der Waals surface area contributed by atoms with Crippen LogP contribution >= 0.6 is 0 Å². The highest BCUT2D eigenvalue weighted by Crippen LogP contribution is 2.38. The van der Waals surface area contributed by atoms with E-state index in [-0.39, 0.29) is 17.8 Å². The lowest BCUT2D eigenvalue weighted by atomic mass is 9.75. The Labute approximate surface area is 154 Å². The minimum Gasteiger partial charge on any atom is -0.466 e. The molecule has 0 radical (unpaired) electrons. The fourth-order valence-electron chi connectivity index (χ4n) is 3.40. The van der Waals surface area contributed by atoms with E-state index in [1.54, 1.807) is 6.92 Å². The average molecular weight is 380 g/mol. The Morgan fingerprint density at radius 2 is 1.63 bits per heavy atom. The summed E-state index contributed by atoms with van der Waals surface area (Å²) in [6.07, 6.45) is 1.95. The zero-order valence-electron chi connectivity index (χ0n) is 14.8. The van der Waals surface area contributed by atoms with Crippen molar-refractivity contribution in [1.82, 2.24) is 0 Å². The molecule has 1 saturated heterocycles. The molecule has 2 rings (SSSR count). The van der Waals surface area contributed by atoms with E-state index in [1.807, 2.05) is 0 Å². The van der Waals surface area contributed by atoms with Gasteiger partial charge in [0.1, 0.15) is 13.1 Å². The predicted molar refractivity (Wildman–Crippen MR) is 88.5 cm³/mol. The molecular weight excluding hydrogens is 360 g/mol. The van der Waals surface area contributed by atoms with E-state index in [9.17, 15) is 14.4 Å². The van der Waals surface area contributed by atoms with Gasteiger partial charge in [-0.25, -0.2) is 0 Å². The Morgan fingerprint density at radius 1 is 1.11 bits per heavy atom. The fourth-order valence-corrected chi connectivity index (χ4v) is 3.40. The van der Waals surface area contributed by atoms with E-state index in [0.29, 0.717) is 32.3 Å². The number of esters is 3. The van der Waals surface area contributed by atoms with Crippen molar-refractivity contribution in [2.24, 2.45) is 28.0 Å². The molecule has 146 valence electrons. The van der Waals surface area contributed by atoms with Crippen LogP contribution in [0.25, 0.3) is 20.9 Å². The zero-order chi connectivity index (χ0) is 19.9. The van der Waals surface area contributed by atoms with Crippen molar-refractivity contribution in [2.75, 3.05) is 19.7 Å². The number of nitrogens with zero attached hydrogens (tertiary/aromatic N) is 6. The minimum atomic E-state index is -1.93. The maximum atomic E-state index is 12.5. The van der Waals surface area contributed by atoms with Crippen LogP contribution in [-0.4, -0.2) is 43.4 Å². The maximum absolute atomic E-state index is 12.5. The van der Waals surface area contributed by atoms with Gasteiger partial charge in [0, 0.05) is 9.82 Å². The average Bonchev–Trinajstić information content (AvgIpc) is 2.65. The second kappa shape index (κ2) is 9.11. The fraction of sp³-hybridized carbons (Fsp3) is 0.800. The van der Waals surface area contributed by atoms with Crippen molar-refractivity contribution in [3.63, 3.8) is 0 Å². The van der Waals surface area contributed by atoms with Gasteiger partial charge in [0.05, 0.1) is 12.5 Å². The molecule has 1 aliphatic carbocycles. The molecule has 0 spiro atoms. The Bertz CT molecular complexity index is 651. The van der Waals surface area contributed by atoms with Crippen LogP contribution in [0.2, 0.25) is 0 Å². The smallest absolute Gasteiger partial charge is 0.323 e. The number of hydrogen-bond acceptors (Lipinski definition) is 8. The molecule has 27 heavy (non-hydrogen) atoms. The number of rotatable bonds is 7. The lowest BCUT2D eigenvalue weighted by Crippen LogP contribution is -2.55. The van der Waals surface area contributed by atoms with E-state index < -0.39 is 36.7 Å². The van der Waals surface area contributed by atoms with Crippen molar-refractivity contribution in [3.8, 4) is 0 Å². The zero-order valence-corrected chi connectivity index (χ0v) is 14.8. The lowest BCUT2D eigenvalue weighted by Gasteiger charge is -2.40. The summed E-state index contributed by atoms with van der Waals surface area (Å²) in [5.74, 6) is -5.52. The molecule has 0 unspecified atom stereocenters. The topological polar surface area (TPSA) is 176 Å². The number of hydrogen-bond donors (Lipinski definition) is 0. The van der Waals surface area contributed by atoms with Crippen LogP contribution in [0.15, 0.2) is 10.2 Å². The quantitative estimate of drug-likeness (QED) is 0.215. The molecule has 0 aromatic rings. The number of carbonyl (C=O) groups excluding carboxylic acids is 3. The molecule has 0 N–H and O–H groups in total. The van der Waals surface area contributed by atoms with Gasteiger partial charge in [0.2, 0.25) is 0 Å². The van der Waals surface area contributed by atoms with Crippen LogP contribution < -0.4 is 0 Å². The summed E-state index contributed by atoms with van der Waals surface area (Å²) in [5, 5.41) is 6.53. The van der Waals surface area contributed by atoms with Crippen LogP contribution in [0.3, 0.4) is 0 Å². The standard InChI is InChI=1S/C15H20N6O6/c1-2-25-12(22)10-5-3-9(4-6-10)11-13(23)26-15(7-18-20-16,8-19-21-17)27-14(11)24/h9-11H,2-8H2,1H3/t9-,10+. The van der Waals surface area contributed by atoms with Crippen molar-refractivity contribution in [1.29, 1.82) is 0 Å². The number of azide groups is 2. The molecule has 0 amide bonds. The largest absolute Gasteiger partial charge is 0.466 e. The van der Waals surface area contributed by atoms with Gasteiger partial charge in [-0.05, 0) is 49.6 Å². The number of cyclic esters (lactones) is 2. The SMILES string of the molecule is CCOC(=O)[C@H]1CC[C@@H](C2C(=O)OC(CN=[N+]=[N-])(CN=[N+]=[N-])OC2=O)CC1. The van der Waals surface area contributed by atoms with Gasteiger partial charge < -0.3 is 14.2 Å². The van der Waals surface area contributed by atoms with Crippen molar-refractivity contribution in [2.45, 2.75) is 38.4 Å². The van der Waals surface area contributed by atoms with E-state index in [2.05, 4.69) is 20.1 Å². The van der Waals surface area contributed by atoms with Crippen molar-refractivity contribution < 1.29 is 28.6 Å². The van der Waals surface area contributed by atoms with E-state index in [0.717, 1.165) is 0 Å². The first-order chi connectivity index (χ1) is 13.0. The van der Waals surface area contributed by atoms with Gasteiger partial charge in [0.15, 0.2) is 5.92 Å². The first kappa shape index (κ1) is 20.3. The van der Waals surface area contributed by atoms with Crippen LogP contribution in [0.1, 0.15) is 32.6 Å². The van der Waals surface area contributed by atoms with E-state index >= 15 is 0 Å². The third-order valence-corrected chi connectivity index (χ3v) is 4.69. The van der Waals surface area contributed by atoms with Crippen LogP contribution in [-0.2, 0) is 28.6 Å². The highest BCUT2D eigenvalue weighted by Gasteiger charge is 2.51. The Hall–Kier alpha value is -2.97. The second-order valence-electron chi connectivity index (χ2n) is 6.37. The van der Waals surface area contributed by atoms with Gasteiger partial charge in [-0.15, -0.1) is 0 Å². The van der Waals surface area contributed by atoms with Gasteiger partial charge in [-0.3, -0.25) is 14.4 Å².